The lowest BCUT2D eigenvalue weighted by atomic mass is 9.81. The van der Waals surface area contributed by atoms with Crippen molar-refractivity contribution in [3.8, 4) is 5.75 Å². The van der Waals surface area contributed by atoms with Gasteiger partial charge in [0.2, 0.25) is 0 Å². The number of hydrogen-bond donors (Lipinski definition) is 2. The second-order valence-electron chi connectivity index (χ2n) is 12.0. The zero-order valence-electron chi connectivity index (χ0n) is 25.3. The SMILES string of the molecule is CCCCC1(CC)CN(c2ccccc2)c2cc(Br)c(OCC(=O)NC(C(=O)O)C(C)OC(C)(C)C)cc2S(=O)(=O)C1. The van der Waals surface area contributed by atoms with Crippen molar-refractivity contribution in [2.75, 3.05) is 23.8 Å². The number of sulfone groups is 1. The van der Waals surface area contributed by atoms with Gasteiger partial charge in [-0.2, -0.15) is 0 Å². The monoisotopic (exact) mass is 666 g/mol. The summed E-state index contributed by atoms with van der Waals surface area (Å²) in [5.41, 5.74) is 0.369. The number of fused-ring (bicyclic) bond motifs is 1. The molecule has 2 N–H and O–H groups in total. The molecule has 2 aromatic rings. The quantitative estimate of drug-likeness (QED) is 0.278. The number of unbranched alkanes of at least 4 members (excludes halogenated alkanes) is 1. The van der Waals surface area contributed by atoms with E-state index in [0.717, 1.165) is 24.9 Å². The molecule has 0 aromatic heterocycles. The van der Waals surface area contributed by atoms with Crippen LogP contribution in [0.2, 0.25) is 0 Å². The van der Waals surface area contributed by atoms with Crippen molar-refractivity contribution >= 4 is 49.0 Å². The fourth-order valence-electron chi connectivity index (χ4n) is 5.34. The summed E-state index contributed by atoms with van der Waals surface area (Å²) in [4.78, 5) is 26.8. The Labute approximate surface area is 258 Å². The Morgan fingerprint density at radius 2 is 1.83 bits per heavy atom. The average Bonchev–Trinajstić information content (AvgIpc) is 3.00. The number of carbonyl (C=O) groups is 2. The van der Waals surface area contributed by atoms with Gasteiger partial charge in [-0.15, -0.1) is 0 Å². The maximum absolute atomic E-state index is 14.0. The second-order valence-corrected chi connectivity index (χ2v) is 14.8. The predicted molar refractivity (Wildman–Crippen MR) is 167 cm³/mol. The van der Waals surface area contributed by atoms with Crippen LogP contribution in [0, 0.1) is 5.41 Å². The van der Waals surface area contributed by atoms with Gasteiger partial charge < -0.3 is 24.8 Å². The Bertz CT molecular complexity index is 1360. The normalized spacial score (nSPS) is 19.7. The molecule has 3 unspecified atom stereocenters. The third kappa shape index (κ3) is 8.48. The van der Waals surface area contributed by atoms with E-state index >= 15 is 0 Å². The van der Waals surface area contributed by atoms with Crippen LogP contribution < -0.4 is 15.0 Å². The summed E-state index contributed by atoms with van der Waals surface area (Å²) in [6, 6.07) is 11.6. The molecule has 1 amide bonds. The topological polar surface area (TPSA) is 122 Å². The van der Waals surface area contributed by atoms with Gasteiger partial charge in [-0.3, -0.25) is 4.79 Å². The Balaban J connectivity index is 1.94. The third-order valence-electron chi connectivity index (χ3n) is 7.46. The Morgan fingerprint density at radius 3 is 2.40 bits per heavy atom. The molecule has 2 aromatic carbocycles. The zero-order chi connectivity index (χ0) is 31.3. The summed E-state index contributed by atoms with van der Waals surface area (Å²) in [6.07, 6.45) is 2.58. The fourth-order valence-corrected chi connectivity index (χ4v) is 7.96. The first kappa shape index (κ1) is 33.9. The Hall–Kier alpha value is -2.63. The predicted octanol–water partition coefficient (Wildman–Crippen LogP) is 6.11. The second kappa shape index (κ2) is 13.8. The summed E-state index contributed by atoms with van der Waals surface area (Å²) >= 11 is 3.51. The number of halogens is 1. The van der Waals surface area contributed by atoms with Gasteiger partial charge in [-0.1, -0.05) is 44.9 Å². The Morgan fingerprint density at radius 1 is 1.17 bits per heavy atom. The van der Waals surface area contributed by atoms with Gasteiger partial charge in [0.1, 0.15) is 5.75 Å². The van der Waals surface area contributed by atoms with Crippen LogP contribution in [0.3, 0.4) is 0 Å². The number of benzene rings is 2. The maximum Gasteiger partial charge on any atom is 0.328 e. The molecule has 1 heterocycles. The van der Waals surface area contributed by atoms with E-state index in [2.05, 4.69) is 33.1 Å². The summed E-state index contributed by atoms with van der Waals surface area (Å²) in [6.45, 7) is 11.1. The molecule has 1 aliphatic rings. The molecule has 3 atom stereocenters. The molecule has 9 nitrogen and oxygen atoms in total. The standard InChI is InChI=1S/C31H43BrN2O7S/c1-7-9-15-31(8-2)19-34(22-13-11-10-12-14-22)24-16-23(32)25(17-26(24)42(38,39)20-31)40-18-27(35)33-28(29(36)37)21(3)41-30(4,5)6/h10-14,16-17,21,28H,7-9,15,18-20H2,1-6H3,(H,33,35)(H,36,37). The molecule has 0 radical (unpaired) electrons. The van der Waals surface area contributed by atoms with Gasteiger partial charge in [-0.25, -0.2) is 13.2 Å². The largest absolute Gasteiger partial charge is 0.483 e. The first-order valence-corrected chi connectivity index (χ1v) is 16.8. The van der Waals surface area contributed by atoms with Gasteiger partial charge >= 0.3 is 5.97 Å². The van der Waals surface area contributed by atoms with Crippen LogP contribution in [0.5, 0.6) is 5.75 Å². The van der Waals surface area contributed by atoms with E-state index < -0.39 is 51.5 Å². The number of aliphatic carboxylic acids is 1. The van der Waals surface area contributed by atoms with Gasteiger partial charge in [-0.05, 0) is 74.7 Å². The lowest BCUT2D eigenvalue weighted by molar-refractivity contribution is -0.150. The molecule has 3 rings (SSSR count). The van der Waals surface area contributed by atoms with Crippen LogP contribution in [0.4, 0.5) is 11.4 Å². The molecule has 1 aliphatic heterocycles. The number of para-hydroxylation sites is 1. The van der Waals surface area contributed by atoms with Crippen molar-refractivity contribution in [1.29, 1.82) is 0 Å². The molecule has 0 saturated carbocycles. The highest BCUT2D eigenvalue weighted by atomic mass is 79.9. The van der Waals surface area contributed by atoms with E-state index in [9.17, 15) is 23.1 Å². The van der Waals surface area contributed by atoms with Crippen LogP contribution in [0.25, 0.3) is 0 Å². The lowest BCUT2D eigenvalue weighted by Gasteiger charge is -2.36. The van der Waals surface area contributed by atoms with Crippen LogP contribution in [-0.2, 0) is 24.2 Å². The maximum atomic E-state index is 14.0. The molecule has 11 heteroatoms. The van der Waals surface area contributed by atoms with E-state index in [1.807, 2.05) is 37.3 Å². The number of ether oxygens (including phenoxy) is 2. The third-order valence-corrected chi connectivity index (χ3v) is 10.1. The van der Waals surface area contributed by atoms with E-state index in [1.54, 1.807) is 33.8 Å². The van der Waals surface area contributed by atoms with Crippen molar-refractivity contribution in [2.45, 2.75) is 89.9 Å². The fraction of sp³-hybridized carbons (Fsp3) is 0.548. The first-order valence-electron chi connectivity index (χ1n) is 14.3. The minimum atomic E-state index is -3.74. The molecular formula is C31H43BrN2O7S. The summed E-state index contributed by atoms with van der Waals surface area (Å²) in [5.74, 6) is -1.74. The van der Waals surface area contributed by atoms with Gasteiger partial charge in [0.15, 0.2) is 22.5 Å². The zero-order valence-corrected chi connectivity index (χ0v) is 27.7. The molecule has 0 aliphatic carbocycles. The number of nitrogens with zero attached hydrogens (tertiary/aromatic N) is 1. The summed E-state index contributed by atoms with van der Waals surface area (Å²) < 4.78 is 39.9. The number of carboxylic acids is 1. The molecule has 232 valence electrons. The molecule has 0 fully saturated rings. The number of carboxylic acid groups (broad SMARTS) is 1. The van der Waals surface area contributed by atoms with Crippen LogP contribution in [0.15, 0.2) is 51.8 Å². The number of carbonyl (C=O) groups excluding carboxylic acids is 1. The smallest absolute Gasteiger partial charge is 0.328 e. The first-order chi connectivity index (χ1) is 19.6. The van der Waals surface area contributed by atoms with Crippen molar-refractivity contribution < 1.29 is 32.6 Å². The van der Waals surface area contributed by atoms with Gasteiger partial charge in [0, 0.05) is 23.7 Å². The van der Waals surface area contributed by atoms with E-state index in [-0.39, 0.29) is 16.4 Å². The number of nitrogens with one attached hydrogen (secondary N) is 1. The molecule has 0 spiro atoms. The Kier molecular flexibility index (Phi) is 11.1. The minimum absolute atomic E-state index is 0.000346. The molecular weight excluding hydrogens is 624 g/mol. The van der Waals surface area contributed by atoms with Crippen LogP contribution in [0.1, 0.15) is 67.2 Å². The van der Waals surface area contributed by atoms with E-state index in [0.29, 0.717) is 23.1 Å². The summed E-state index contributed by atoms with van der Waals surface area (Å²) in [7, 11) is -3.74. The molecule has 42 heavy (non-hydrogen) atoms. The van der Waals surface area contributed by atoms with Crippen molar-refractivity contribution in [1.82, 2.24) is 5.32 Å². The van der Waals surface area contributed by atoms with Crippen molar-refractivity contribution in [3.63, 3.8) is 0 Å². The highest BCUT2D eigenvalue weighted by molar-refractivity contribution is 9.10. The van der Waals surface area contributed by atoms with Crippen LogP contribution in [-0.4, -0.2) is 62.1 Å². The average molecular weight is 668 g/mol. The van der Waals surface area contributed by atoms with Crippen LogP contribution >= 0.6 is 15.9 Å². The molecule has 0 saturated heterocycles. The van der Waals surface area contributed by atoms with Gasteiger partial charge in [0.25, 0.3) is 5.91 Å². The van der Waals surface area contributed by atoms with Crippen molar-refractivity contribution in [3.05, 3.63) is 46.9 Å². The lowest BCUT2D eigenvalue weighted by Crippen LogP contribution is -2.51. The molecule has 0 bridgehead atoms. The highest BCUT2D eigenvalue weighted by Gasteiger charge is 2.42. The number of amides is 1. The number of hydrogen-bond acceptors (Lipinski definition) is 7. The minimum Gasteiger partial charge on any atom is -0.483 e. The van der Waals surface area contributed by atoms with Gasteiger partial charge in [0.05, 0.1) is 32.5 Å². The van der Waals surface area contributed by atoms with E-state index in [1.165, 1.54) is 6.07 Å². The number of rotatable bonds is 12. The summed E-state index contributed by atoms with van der Waals surface area (Å²) in [5, 5.41) is 12.1. The highest BCUT2D eigenvalue weighted by Crippen LogP contribution is 2.46. The van der Waals surface area contributed by atoms with Crippen molar-refractivity contribution in [2.24, 2.45) is 5.41 Å². The number of anilines is 2. The van der Waals surface area contributed by atoms with E-state index in [4.69, 9.17) is 9.47 Å².